The Hall–Kier alpha value is -3.12. The number of hydrogen-bond donors (Lipinski definition) is 1. The molecule has 1 heterocycles. The van der Waals surface area contributed by atoms with Crippen molar-refractivity contribution in [3.8, 4) is 5.75 Å². The van der Waals surface area contributed by atoms with E-state index in [-0.39, 0.29) is 16.9 Å². The molecule has 0 saturated carbocycles. The normalized spacial score (nSPS) is 10.6. The average Bonchev–Trinajstić information content (AvgIpc) is 2.68. The molecule has 0 aliphatic rings. The summed E-state index contributed by atoms with van der Waals surface area (Å²) in [6.45, 7) is 2.50. The molecule has 28 heavy (non-hydrogen) atoms. The third kappa shape index (κ3) is 4.58. The zero-order valence-electron chi connectivity index (χ0n) is 15.2. The number of fused-ring (bicyclic) bond motifs is 1. The number of carbonyl (C=O) groups is 2. The molecule has 0 aliphatic heterocycles. The molecular weight excluding hydrogens is 382 g/mol. The van der Waals surface area contributed by atoms with Crippen LogP contribution < -0.4 is 15.7 Å². The average molecular weight is 400 g/mol. The molecule has 6 nitrogen and oxygen atoms in total. The molecule has 1 N–H and O–H groups in total. The fourth-order valence-electron chi connectivity index (χ4n) is 2.54. The minimum atomic E-state index is -0.748. The van der Waals surface area contributed by atoms with E-state index in [1.165, 1.54) is 12.1 Å². The Bertz CT molecular complexity index is 1070. The maximum atomic E-state index is 12.2. The van der Waals surface area contributed by atoms with Crippen LogP contribution in [0, 0.1) is 0 Å². The van der Waals surface area contributed by atoms with Gasteiger partial charge in [0.1, 0.15) is 16.9 Å². The van der Waals surface area contributed by atoms with Gasteiger partial charge in [-0.15, -0.1) is 0 Å². The maximum Gasteiger partial charge on any atom is 0.349 e. The van der Waals surface area contributed by atoms with Crippen LogP contribution in [0.25, 0.3) is 11.0 Å². The standard InChI is InChI=1S/C21H18ClNO5/c1-2-3-10-23-19(24)17-11-14-6-9-16(12-18(14)28-21(17)26)27-20(25)13-4-7-15(22)8-5-13/h4-9,11-12H,2-3,10H2,1H3,(H,23,24). The molecule has 2 aromatic carbocycles. The van der Waals surface area contributed by atoms with Gasteiger partial charge in [-0.3, -0.25) is 4.79 Å². The summed E-state index contributed by atoms with van der Waals surface area (Å²) in [5.41, 5.74) is -0.251. The van der Waals surface area contributed by atoms with Gasteiger partial charge in [-0.25, -0.2) is 9.59 Å². The Balaban J connectivity index is 1.81. The molecule has 0 bridgehead atoms. The first-order valence-corrected chi connectivity index (χ1v) is 9.19. The van der Waals surface area contributed by atoms with E-state index in [4.69, 9.17) is 20.8 Å². The molecular formula is C21H18ClNO5. The number of nitrogens with one attached hydrogen (secondary N) is 1. The summed E-state index contributed by atoms with van der Waals surface area (Å²) in [4.78, 5) is 36.5. The lowest BCUT2D eigenvalue weighted by Crippen LogP contribution is -2.28. The van der Waals surface area contributed by atoms with E-state index in [9.17, 15) is 14.4 Å². The molecule has 0 spiro atoms. The van der Waals surface area contributed by atoms with Crippen molar-refractivity contribution in [1.82, 2.24) is 5.32 Å². The van der Waals surface area contributed by atoms with E-state index in [2.05, 4.69) is 5.32 Å². The van der Waals surface area contributed by atoms with E-state index in [1.807, 2.05) is 6.92 Å². The Morgan fingerprint density at radius 1 is 1.11 bits per heavy atom. The first-order valence-electron chi connectivity index (χ1n) is 8.82. The number of ether oxygens (including phenoxy) is 1. The summed E-state index contributed by atoms with van der Waals surface area (Å²) in [6, 6.07) is 12.4. The number of amides is 1. The smallest absolute Gasteiger partial charge is 0.349 e. The number of benzene rings is 2. The molecule has 0 aliphatic carbocycles. The van der Waals surface area contributed by atoms with Crippen LogP contribution in [0.15, 0.2) is 57.7 Å². The molecule has 0 unspecified atom stereocenters. The van der Waals surface area contributed by atoms with E-state index in [0.29, 0.717) is 22.5 Å². The topological polar surface area (TPSA) is 85.6 Å². The van der Waals surface area contributed by atoms with Gasteiger partial charge in [0.2, 0.25) is 0 Å². The molecule has 144 valence electrons. The summed E-state index contributed by atoms with van der Waals surface area (Å²) in [7, 11) is 0. The number of carbonyl (C=O) groups excluding carboxylic acids is 2. The van der Waals surface area contributed by atoms with E-state index in [0.717, 1.165) is 12.8 Å². The predicted octanol–water partition coefficient (Wildman–Crippen LogP) is 4.20. The highest BCUT2D eigenvalue weighted by Crippen LogP contribution is 2.22. The van der Waals surface area contributed by atoms with Crippen molar-refractivity contribution in [3.05, 3.63) is 75.1 Å². The number of esters is 1. The van der Waals surface area contributed by atoms with E-state index >= 15 is 0 Å². The van der Waals surface area contributed by atoms with Gasteiger partial charge in [0, 0.05) is 23.0 Å². The molecule has 0 radical (unpaired) electrons. The van der Waals surface area contributed by atoms with Crippen molar-refractivity contribution in [2.24, 2.45) is 0 Å². The highest BCUT2D eigenvalue weighted by atomic mass is 35.5. The lowest BCUT2D eigenvalue weighted by atomic mass is 10.1. The first-order chi connectivity index (χ1) is 13.5. The third-order valence-corrected chi connectivity index (χ3v) is 4.31. The molecule has 0 saturated heterocycles. The molecule has 7 heteroatoms. The minimum absolute atomic E-state index is 0.0606. The Morgan fingerprint density at radius 2 is 1.86 bits per heavy atom. The van der Waals surface area contributed by atoms with E-state index in [1.54, 1.807) is 36.4 Å². The Labute approximate surface area is 166 Å². The monoisotopic (exact) mass is 399 g/mol. The van der Waals surface area contributed by atoms with Gasteiger partial charge >= 0.3 is 11.6 Å². The van der Waals surface area contributed by atoms with Gasteiger partial charge in [0.25, 0.3) is 5.91 Å². The maximum absolute atomic E-state index is 12.2. The molecule has 3 rings (SSSR count). The van der Waals surface area contributed by atoms with Gasteiger partial charge in [0.05, 0.1) is 5.56 Å². The fraction of sp³-hybridized carbons (Fsp3) is 0.190. The molecule has 1 aromatic heterocycles. The van der Waals surface area contributed by atoms with E-state index < -0.39 is 17.5 Å². The van der Waals surface area contributed by atoms with Crippen LogP contribution in [-0.4, -0.2) is 18.4 Å². The molecule has 1 amide bonds. The quantitative estimate of drug-likeness (QED) is 0.290. The fourth-order valence-corrected chi connectivity index (χ4v) is 2.67. The lowest BCUT2D eigenvalue weighted by molar-refractivity contribution is 0.0734. The number of halogens is 1. The Morgan fingerprint density at radius 3 is 2.57 bits per heavy atom. The van der Waals surface area contributed by atoms with Crippen LogP contribution >= 0.6 is 11.6 Å². The highest BCUT2D eigenvalue weighted by Gasteiger charge is 2.15. The van der Waals surface area contributed by atoms with Crippen LogP contribution in [0.3, 0.4) is 0 Å². The Kier molecular flexibility index (Phi) is 6.11. The van der Waals surface area contributed by atoms with Gasteiger partial charge < -0.3 is 14.5 Å². The number of rotatable bonds is 6. The first kappa shape index (κ1) is 19.6. The van der Waals surface area contributed by atoms with Crippen LogP contribution in [0.2, 0.25) is 5.02 Å². The van der Waals surface area contributed by atoms with Gasteiger partial charge in [0.15, 0.2) is 0 Å². The molecule has 0 fully saturated rings. The largest absolute Gasteiger partial charge is 0.423 e. The summed E-state index contributed by atoms with van der Waals surface area (Å²) in [5.74, 6) is -0.816. The van der Waals surface area contributed by atoms with Crippen LogP contribution in [0.1, 0.15) is 40.5 Å². The van der Waals surface area contributed by atoms with Crippen LogP contribution in [-0.2, 0) is 0 Å². The van der Waals surface area contributed by atoms with Gasteiger partial charge in [-0.05, 0) is 48.9 Å². The summed E-state index contributed by atoms with van der Waals surface area (Å²) < 4.78 is 10.5. The summed E-state index contributed by atoms with van der Waals surface area (Å²) >= 11 is 5.80. The third-order valence-electron chi connectivity index (χ3n) is 4.06. The predicted molar refractivity (Wildman–Crippen MR) is 106 cm³/mol. The van der Waals surface area contributed by atoms with Crippen molar-refractivity contribution in [2.45, 2.75) is 19.8 Å². The SMILES string of the molecule is CCCCNC(=O)c1cc2ccc(OC(=O)c3ccc(Cl)cc3)cc2oc1=O. The summed E-state index contributed by atoms with van der Waals surface area (Å²) in [5, 5.41) is 3.75. The van der Waals surface area contributed by atoms with Crippen molar-refractivity contribution >= 4 is 34.4 Å². The lowest BCUT2D eigenvalue weighted by Gasteiger charge is -2.07. The van der Waals surface area contributed by atoms with Gasteiger partial charge in [-0.2, -0.15) is 0 Å². The van der Waals surface area contributed by atoms with Crippen molar-refractivity contribution in [3.63, 3.8) is 0 Å². The zero-order valence-corrected chi connectivity index (χ0v) is 15.9. The second-order valence-electron chi connectivity index (χ2n) is 6.15. The molecule has 0 atom stereocenters. The number of unbranched alkanes of at least 4 members (excludes halogenated alkanes) is 1. The van der Waals surface area contributed by atoms with Gasteiger partial charge in [-0.1, -0.05) is 24.9 Å². The van der Waals surface area contributed by atoms with Crippen molar-refractivity contribution < 1.29 is 18.7 Å². The molecule has 3 aromatic rings. The van der Waals surface area contributed by atoms with Crippen LogP contribution in [0.4, 0.5) is 0 Å². The van der Waals surface area contributed by atoms with Crippen LogP contribution in [0.5, 0.6) is 5.75 Å². The zero-order chi connectivity index (χ0) is 20.1. The second kappa shape index (κ2) is 8.71. The highest BCUT2D eigenvalue weighted by molar-refractivity contribution is 6.30. The van der Waals surface area contributed by atoms with Crippen molar-refractivity contribution in [1.29, 1.82) is 0 Å². The summed E-state index contributed by atoms with van der Waals surface area (Å²) in [6.07, 6.45) is 1.76. The second-order valence-corrected chi connectivity index (χ2v) is 6.59. The number of hydrogen-bond acceptors (Lipinski definition) is 5. The van der Waals surface area contributed by atoms with Crippen molar-refractivity contribution in [2.75, 3.05) is 6.54 Å². The minimum Gasteiger partial charge on any atom is -0.423 e.